The van der Waals surface area contributed by atoms with E-state index in [2.05, 4.69) is 31.0 Å². The predicted molar refractivity (Wildman–Crippen MR) is 58.4 cm³/mol. The molecule has 0 saturated heterocycles. The monoisotopic (exact) mass is 193 g/mol. The molecular formula is C12H19NO. The van der Waals surface area contributed by atoms with Gasteiger partial charge in [-0.1, -0.05) is 19.9 Å². The van der Waals surface area contributed by atoms with Crippen LogP contribution in [0, 0.1) is 0 Å². The summed E-state index contributed by atoms with van der Waals surface area (Å²) in [4.78, 5) is 4.39. The summed E-state index contributed by atoms with van der Waals surface area (Å²) in [6.07, 6.45) is 2.04. The highest BCUT2D eigenvalue weighted by Crippen LogP contribution is 2.17. The number of pyridine rings is 1. The van der Waals surface area contributed by atoms with Crippen LogP contribution in [0.2, 0.25) is 0 Å². The zero-order chi connectivity index (χ0) is 10.6. The molecule has 1 unspecified atom stereocenters. The molecule has 0 bridgehead atoms. The first-order chi connectivity index (χ1) is 6.65. The van der Waals surface area contributed by atoms with E-state index >= 15 is 0 Å². The molecule has 0 amide bonds. The van der Waals surface area contributed by atoms with Gasteiger partial charge in [0, 0.05) is 12.8 Å². The number of nitrogens with zero attached hydrogens (tertiary/aromatic N) is 1. The first-order valence-electron chi connectivity index (χ1n) is 5.22. The molecule has 0 aliphatic rings. The van der Waals surface area contributed by atoms with Crippen molar-refractivity contribution < 1.29 is 4.74 Å². The van der Waals surface area contributed by atoms with Crippen LogP contribution in [0.1, 0.15) is 51.0 Å². The Morgan fingerprint density at radius 2 is 2.00 bits per heavy atom. The third-order valence-electron chi connectivity index (χ3n) is 2.31. The number of hydrogen-bond acceptors (Lipinski definition) is 2. The second-order valence-electron chi connectivity index (χ2n) is 3.77. The van der Waals surface area contributed by atoms with Gasteiger partial charge in [0.2, 0.25) is 0 Å². The fourth-order valence-electron chi connectivity index (χ4n) is 1.33. The predicted octanol–water partition coefficient (Wildman–Crippen LogP) is 3.30. The summed E-state index contributed by atoms with van der Waals surface area (Å²) in [5.41, 5.74) is 2.29. The van der Waals surface area contributed by atoms with Gasteiger partial charge in [-0.15, -0.1) is 0 Å². The molecule has 0 fully saturated rings. The van der Waals surface area contributed by atoms with Gasteiger partial charge in [0.25, 0.3) is 0 Å². The van der Waals surface area contributed by atoms with Crippen molar-refractivity contribution in [2.75, 3.05) is 6.61 Å². The number of rotatable bonds is 4. The molecule has 1 heterocycles. The topological polar surface area (TPSA) is 22.1 Å². The van der Waals surface area contributed by atoms with E-state index in [9.17, 15) is 0 Å². The second kappa shape index (κ2) is 5.11. The highest BCUT2D eigenvalue weighted by Gasteiger charge is 2.06. The van der Waals surface area contributed by atoms with Crippen LogP contribution in [0.3, 0.4) is 0 Å². The highest BCUT2D eigenvalue weighted by atomic mass is 16.5. The minimum Gasteiger partial charge on any atom is -0.373 e. The van der Waals surface area contributed by atoms with Crippen LogP contribution < -0.4 is 0 Å². The highest BCUT2D eigenvalue weighted by molar-refractivity contribution is 5.18. The smallest absolute Gasteiger partial charge is 0.0966 e. The molecule has 0 aliphatic carbocycles. The maximum Gasteiger partial charge on any atom is 0.0966 e. The van der Waals surface area contributed by atoms with Gasteiger partial charge in [-0.25, -0.2) is 0 Å². The van der Waals surface area contributed by atoms with Crippen molar-refractivity contribution in [3.63, 3.8) is 0 Å². The lowest BCUT2D eigenvalue weighted by Crippen LogP contribution is -2.02. The van der Waals surface area contributed by atoms with Crippen molar-refractivity contribution in [1.82, 2.24) is 4.98 Å². The number of aromatic nitrogens is 1. The summed E-state index contributed by atoms with van der Waals surface area (Å²) in [5, 5.41) is 0. The summed E-state index contributed by atoms with van der Waals surface area (Å²) in [5.74, 6) is 0.541. The minimum absolute atomic E-state index is 0.0983. The SMILES string of the molecule is CCOC(C)c1ccc(C(C)C)cn1. The Morgan fingerprint density at radius 1 is 1.29 bits per heavy atom. The largest absolute Gasteiger partial charge is 0.373 e. The molecule has 0 aliphatic heterocycles. The Labute approximate surface area is 86.3 Å². The third-order valence-corrected chi connectivity index (χ3v) is 2.31. The summed E-state index contributed by atoms with van der Waals surface area (Å²) in [7, 11) is 0. The second-order valence-corrected chi connectivity index (χ2v) is 3.77. The minimum atomic E-state index is 0.0983. The van der Waals surface area contributed by atoms with Crippen LogP contribution in [0.4, 0.5) is 0 Å². The first kappa shape index (κ1) is 11.2. The average molecular weight is 193 g/mol. The maximum absolute atomic E-state index is 5.47. The molecule has 78 valence electrons. The molecule has 0 spiro atoms. The van der Waals surface area contributed by atoms with Crippen molar-refractivity contribution in [1.29, 1.82) is 0 Å². The average Bonchev–Trinajstić information content (AvgIpc) is 2.18. The lowest BCUT2D eigenvalue weighted by molar-refractivity contribution is 0.0733. The summed E-state index contributed by atoms with van der Waals surface area (Å²) < 4.78 is 5.47. The molecule has 0 aromatic carbocycles. The van der Waals surface area contributed by atoms with Crippen molar-refractivity contribution in [3.05, 3.63) is 29.6 Å². The molecule has 2 heteroatoms. The molecule has 1 aromatic rings. The van der Waals surface area contributed by atoms with Crippen LogP contribution in [-0.2, 0) is 4.74 Å². The van der Waals surface area contributed by atoms with E-state index in [1.807, 2.05) is 20.0 Å². The van der Waals surface area contributed by atoms with Gasteiger partial charge in [-0.2, -0.15) is 0 Å². The van der Waals surface area contributed by atoms with Crippen molar-refractivity contribution >= 4 is 0 Å². The van der Waals surface area contributed by atoms with E-state index in [0.29, 0.717) is 5.92 Å². The van der Waals surface area contributed by atoms with Crippen molar-refractivity contribution in [2.45, 2.75) is 39.7 Å². The fourth-order valence-corrected chi connectivity index (χ4v) is 1.33. The van der Waals surface area contributed by atoms with Crippen molar-refractivity contribution in [2.24, 2.45) is 0 Å². The van der Waals surface area contributed by atoms with Crippen LogP contribution in [0.25, 0.3) is 0 Å². The standard InChI is InChI=1S/C12H19NO/c1-5-14-10(4)12-7-6-11(8-13-12)9(2)3/h6-10H,5H2,1-4H3. The zero-order valence-corrected chi connectivity index (χ0v) is 9.45. The molecule has 0 N–H and O–H groups in total. The molecular weight excluding hydrogens is 174 g/mol. The van der Waals surface area contributed by atoms with Gasteiger partial charge in [0.05, 0.1) is 11.8 Å². The molecule has 1 aromatic heterocycles. The molecule has 2 nitrogen and oxygen atoms in total. The molecule has 1 atom stereocenters. The van der Waals surface area contributed by atoms with E-state index in [1.165, 1.54) is 5.56 Å². The first-order valence-corrected chi connectivity index (χ1v) is 5.22. The summed E-state index contributed by atoms with van der Waals surface area (Å²) in [6, 6.07) is 4.18. The van der Waals surface area contributed by atoms with Gasteiger partial charge in [-0.3, -0.25) is 4.98 Å². The van der Waals surface area contributed by atoms with E-state index < -0.39 is 0 Å². The van der Waals surface area contributed by atoms with Gasteiger partial charge < -0.3 is 4.74 Å². The lowest BCUT2D eigenvalue weighted by Gasteiger charge is -2.12. The van der Waals surface area contributed by atoms with Gasteiger partial charge in [0.1, 0.15) is 0 Å². The number of hydrogen-bond donors (Lipinski definition) is 0. The van der Waals surface area contributed by atoms with Crippen LogP contribution in [0.15, 0.2) is 18.3 Å². The summed E-state index contributed by atoms with van der Waals surface area (Å²) in [6.45, 7) is 9.10. The van der Waals surface area contributed by atoms with Crippen LogP contribution in [-0.4, -0.2) is 11.6 Å². The van der Waals surface area contributed by atoms with Crippen molar-refractivity contribution in [3.8, 4) is 0 Å². The molecule has 0 saturated carbocycles. The summed E-state index contributed by atoms with van der Waals surface area (Å²) >= 11 is 0. The van der Waals surface area contributed by atoms with E-state index in [-0.39, 0.29) is 6.10 Å². The Kier molecular flexibility index (Phi) is 4.08. The van der Waals surface area contributed by atoms with E-state index in [0.717, 1.165) is 12.3 Å². The van der Waals surface area contributed by atoms with Crippen LogP contribution in [0.5, 0.6) is 0 Å². The van der Waals surface area contributed by atoms with Gasteiger partial charge in [-0.05, 0) is 31.4 Å². The van der Waals surface area contributed by atoms with Crippen LogP contribution >= 0.6 is 0 Å². The third kappa shape index (κ3) is 2.81. The Balaban J connectivity index is 2.72. The molecule has 0 radical (unpaired) electrons. The zero-order valence-electron chi connectivity index (χ0n) is 9.45. The fraction of sp³-hybridized carbons (Fsp3) is 0.583. The lowest BCUT2D eigenvalue weighted by atomic mass is 10.1. The Hall–Kier alpha value is -0.890. The quantitative estimate of drug-likeness (QED) is 0.732. The maximum atomic E-state index is 5.47. The molecule has 14 heavy (non-hydrogen) atoms. The number of ether oxygens (including phenoxy) is 1. The van der Waals surface area contributed by atoms with Gasteiger partial charge >= 0.3 is 0 Å². The molecule has 1 rings (SSSR count). The van der Waals surface area contributed by atoms with E-state index in [4.69, 9.17) is 4.74 Å². The van der Waals surface area contributed by atoms with Gasteiger partial charge in [0.15, 0.2) is 0 Å². The Bertz CT molecular complexity index is 266. The Morgan fingerprint density at radius 3 is 2.43 bits per heavy atom. The normalized spacial score (nSPS) is 13.2. The van der Waals surface area contributed by atoms with E-state index in [1.54, 1.807) is 0 Å².